The van der Waals surface area contributed by atoms with Gasteiger partial charge in [0.05, 0.1) is 23.9 Å². The second kappa shape index (κ2) is 10.00. The SMILES string of the molecule is CCOCCN(C)c1ccc(CNCCOC)cc1Cl. The van der Waals surface area contributed by atoms with Gasteiger partial charge in [0, 0.05) is 40.4 Å². The molecule has 0 aliphatic carbocycles. The first-order valence-electron chi connectivity index (χ1n) is 6.96. The molecule has 1 aromatic carbocycles. The van der Waals surface area contributed by atoms with Crippen LogP contribution < -0.4 is 10.2 Å². The van der Waals surface area contributed by atoms with Crippen LogP contribution in [0.25, 0.3) is 0 Å². The number of hydrogen-bond acceptors (Lipinski definition) is 4. The number of halogens is 1. The van der Waals surface area contributed by atoms with Gasteiger partial charge in [-0.3, -0.25) is 0 Å². The van der Waals surface area contributed by atoms with Crippen LogP contribution in [0.1, 0.15) is 12.5 Å². The van der Waals surface area contributed by atoms with Gasteiger partial charge in [-0.05, 0) is 24.6 Å². The number of methoxy groups -OCH3 is 1. The molecule has 0 atom stereocenters. The summed E-state index contributed by atoms with van der Waals surface area (Å²) < 4.78 is 10.4. The third kappa shape index (κ3) is 6.09. The van der Waals surface area contributed by atoms with Gasteiger partial charge < -0.3 is 19.7 Å². The van der Waals surface area contributed by atoms with E-state index in [1.54, 1.807) is 7.11 Å². The molecule has 0 aliphatic heterocycles. The molecule has 4 nitrogen and oxygen atoms in total. The number of rotatable bonds is 10. The Morgan fingerprint density at radius 1 is 1.30 bits per heavy atom. The first kappa shape index (κ1) is 17.2. The van der Waals surface area contributed by atoms with E-state index in [2.05, 4.69) is 22.3 Å². The molecule has 0 radical (unpaired) electrons. The highest BCUT2D eigenvalue weighted by atomic mass is 35.5. The molecule has 0 unspecified atom stereocenters. The van der Waals surface area contributed by atoms with Gasteiger partial charge in [-0.15, -0.1) is 0 Å². The predicted octanol–water partition coefficient (Wildman–Crippen LogP) is 2.55. The molecule has 1 N–H and O–H groups in total. The van der Waals surface area contributed by atoms with Crippen LogP contribution in [-0.2, 0) is 16.0 Å². The second-order valence-corrected chi connectivity index (χ2v) is 4.98. The molecule has 0 saturated heterocycles. The number of benzene rings is 1. The molecule has 0 saturated carbocycles. The minimum absolute atomic E-state index is 0.712. The van der Waals surface area contributed by atoms with Crippen molar-refractivity contribution in [3.63, 3.8) is 0 Å². The van der Waals surface area contributed by atoms with E-state index in [-0.39, 0.29) is 0 Å². The van der Waals surface area contributed by atoms with Gasteiger partial charge in [0.25, 0.3) is 0 Å². The van der Waals surface area contributed by atoms with Crippen molar-refractivity contribution in [2.45, 2.75) is 13.5 Å². The van der Waals surface area contributed by atoms with E-state index >= 15 is 0 Å². The highest BCUT2D eigenvalue weighted by Gasteiger charge is 2.06. The highest BCUT2D eigenvalue weighted by Crippen LogP contribution is 2.25. The van der Waals surface area contributed by atoms with Gasteiger partial charge in [-0.1, -0.05) is 17.7 Å². The Morgan fingerprint density at radius 3 is 2.75 bits per heavy atom. The lowest BCUT2D eigenvalue weighted by Crippen LogP contribution is -2.23. The summed E-state index contributed by atoms with van der Waals surface area (Å²) in [5.41, 5.74) is 2.21. The van der Waals surface area contributed by atoms with Crippen molar-refractivity contribution in [3.05, 3.63) is 28.8 Å². The van der Waals surface area contributed by atoms with Gasteiger partial charge in [0.1, 0.15) is 0 Å². The first-order chi connectivity index (χ1) is 9.69. The Morgan fingerprint density at radius 2 is 2.10 bits per heavy atom. The van der Waals surface area contributed by atoms with Crippen molar-refractivity contribution in [1.82, 2.24) is 5.32 Å². The maximum atomic E-state index is 6.34. The van der Waals surface area contributed by atoms with E-state index in [1.807, 2.05) is 20.0 Å². The second-order valence-electron chi connectivity index (χ2n) is 4.57. The Bertz CT molecular complexity index is 388. The van der Waals surface area contributed by atoms with Gasteiger partial charge in [-0.2, -0.15) is 0 Å². The zero-order chi connectivity index (χ0) is 14.8. The molecule has 1 aromatic rings. The van der Waals surface area contributed by atoms with E-state index in [0.717, 1.165) is 37.0 Å². The lowest BCUT2D eigenvalue weighted by molar-refractivity contribution is 0.154. The molecule has 0 spiro atoms. The maximum absolute atomic E-state index is 6.34. The van der Waals surface area contributed by atoms with Crippen molar-refractivity contribution < 1.29 is 9.47 Å². The van der Waals surface area contributed by atoms with Crippen LogP contribution in [-0.4, -0.2) is 47.1 Å². The summed E-state index contributed by atoms with van der Waals surface area (Å²) in [4.78, 5) is 2.11. The predicted molar refractivity (Wildman–Crippen MR) is 84.8 cm³/mol. The molecule has 1 rings (SSSR count). The number of likely N-dealkylation sites (N-methyl/N-ethyl adjacent to an activating group) is 1. The largest absolute Gasteiger partial charge is 0.383 e. The summed E-state index contributed by atoms with van der Waals surface area (Å²) in [6.07, 6.45) is 0. The van der Waals surface area contributed by atoms with Gasteiger partial charge in [0.2, 0.25) is 0 Å². The summed E-state index contributed by atoms with van der Waals surface area (Å²) in [5, 5.41) is 4.08. The Balaban J connectivity index is 2.49. The van der Waals surface area contributed by atoms with E-state index in [1.165, 1.54) is 5.56 Å². The Kier molecular flexibility index (Phi) is 8.62. The molecule has 0 fully saturated rings. The number of anilines is 1. The molecular formula is C15H25ClN2O2. The lowest BCUT2D eigenvalue weighted by Gasteiger charge is -2.21. The number of ether oxygens (including phenoxy) is 2. The molecule has 0 aliphatic rings. The Labute approximate surface area is 127 Å². The molecule has 20 heavy (non-hydrogen) atoms. The average molecular weight is 301 g/mol. The summed E-state index contributed by atoms with van der Waals surface area (Å²) in [7, 11) is 3.72. The topological polar surface area (TPSA) is 33.7 Å². The summed E-state index contributed by atoms with van der Waals surface area (Å²) in [6, 6.07) is 6.16. The molecule has 0 heterocycles. The minimum Gasteiger partial charge on any atom is -0.383 e. The quantitative estimate of drug-likeness (QED) is 0.673. The Hall–Kier alpha value is -0.810. The van der Waals surface area contributed by atoms with Crippen molar-refractivity contribution in [3.8, 4) is 0 Å². The molecular weight excluding hydrogens is 276 g/mol. The van der Waals surface area contributed by atoms with Crippen LogP contribution in [0, 0.1) is 0 Å². The zero-order valence-corrected chi connectivity index (χ0v) is 13.4. The number of nitrogens with one attached hydrogen (secondary N) is 1. The van der Waals surface area contributed by atoms with Crippen molar-refractivity contribution in [2.75, 3.05) is 52.0 Å². The smallest absolute Gasteiger partial charge is 0.0642 e. The highest BCUT2D eigenvalue weighted by molar-refractivity contribution is 6.33. The maximum Gasteiger partial charge on any atom is 0.0642 e. The fraction of sp³-hybridized carbons (Fsp3) is 0.600. The summed E-state index contributed by atoms with van der Waals surface area (Å²) in [5.74, 6) is 0. The number of hydrogen-bond donors (Lipinski definition) is 1. The van der Waals surface area contributed by atoms with E-state index in [4.69, 9.17) is 21.1 Å². The fourth-order valence-electron chi connectivity index (χ4n) is 1.84. The van der Waals surface area contributed by atoms with Crippen LogP contribution in [0.4, 0.5) is 5.69 Å². The van der Waals surface area contributed by atoms with Crippen molar-refractivity contribution >= 4 is 17.3 Å². The number of nitrogens with zero attached hydrogens (tertiary/aromatic N) is 1. The third-order valence-corrected chi connectivity index (χ3v) is 3.31. The van der Waals surface area contributed by atoms with Crippen LogP contribution in [0.3, 0.4) is 0 Å². The first-order valence-corrected chi connectivity index (χ1v) is 7.33. The minimum atomic E-state index is 0.712. The van der Waals surface area contributed by atoms with Crippen LogP contribution >= 0.6 is 11.6 Å². The molecule has 5 heteroatoms. The van der Waals surface area contributed by atoms with E-state index in [0.29, 0.717) is 13.2 Å². The van der Waals surface area contributed by atoms with Gasteiger partial charge in [-0.25, -0.2) is 0 Å². The fourth-order valence-corrected chi connectivity index (χ4v) is 2.19. The van der Waals surface area contributed by atoms with Crippen molar-refractivity contribution in [2.24, 2.45) is 0 Å². The summed E-state index contributed by atoms with van der Waals surface area (Å²) in [6.45, 7) is 6.64. The normalized spacial score (nSPS) is 10.8. The zero-order valence-electron chi connectivity index (χ0n) is 12.6. The molecule has 0 aromatic heterocycles. The van der Waals surface area contributed by atoms with E-state index < -0.39 is 0 Å². The molecule has 0 bridgehead atoms. The standard InChI is InChI=1S/C15H25ClN2O2/c1-4-20-10-8-18(2)15-6-5-13(11-14(15)16)12-17-7-9-19-3/h5-6,11,17H,4,7-10,12H2,1-3H3. The van der Waals surface area contributed by atoms with Crippen LogP contribution in [0.5, 0.6) is 0 Å². The van der Waals surface area contributed by atoms with Crippen LogP contribution in [0.2, 0.25) is 5.02 Å². The monoisotopic (exact) mass is 300 g/mol. The van der Waals surface area contributed by atoms with E-state index in [9.17, 15) is 0 Å². The lowest BCUT2D eigenvalue weighted by atomic mass is 10.2. The van der Waals surface area contributed by atoms with Gasteiger partial charge in [0.15, 0.2) is 0 Å². The molecule has 0 amide bonds. The average Bonchev–Trinajstić information content (AvgIpc) is 2.44. The third-order valence-electron chi connectivity index (χ3n) is 3.01. The van der Waals surface area contributed by atoms with Gasteiger partial charge >= 0.3 is 0 Å². The van der Waals surface area contributed by atoms with Crippen LogP contribution in [0.15, 0.2) is 18.2 Å². The summed E-state index contributed by atoms with van der Waals surface area (Å²) >= 11 is 6.34. The van der Waals surface area contributed by atoms with Crippen molar-refractivity contribution in [1.29, 1.82) is 0 Å². The molecule has 114 valence electrons.